The maximum Gasteiger partial charge on any atom is 0.255 e. The molecule has 0 saturated heterocycles. The smallest absolute Gasteiger partial charge is 0.255 e. The fourth-order valence-electron chi connectivity index (χ4n) is 1.97. The van der Waals surface area contributed by atoms with Gasteiger partial charge < -0.3 is 20.5 Å². The number of carbonyl (C=O) groups excluding carboxylic acids is 1. The van der Waals surface area contributed by atoms with Gasteiger partial charge in [0.2, 0.25) is 0 Å². The molecule has 0 saturated carbocycles. The van der Waals surface area contributed by atoms with Gasteiger partial charge in [-0.1, -0.05) is 6.07 Å². The first kappa shape index (κ1) is 16.6. The minimum atomic E-state index is -0.547. The van der Waals surface area contributed by atoms with Gasteiger partial charge in [-0.15, -0.1) is 0 Å². The highest BCUT2D eigenvalue weighted by atomic mass is 19.1. The number of amides is 1. The normalized spacial score (nSPS) is 10.2. The van der Waals surface area contributed by atoms with Crippen molar-refractivity contribution in [3.63, 3.8) is 0 Å². The van der Waals surface area contributed by atoms with Crippen LogP contribution in [0.2, 0.25) is 0 Å². The summed E-state index contributed by atoms with van der Waals surface area (Å²) in [5, 5.41) is 3.19. The van der Waals surface area contributed by atoms with Crippen LogP contribution in [0, 0.1) is 5.82 Å². The summed E-state index contributed by atoms with van der Waals surface area (Å²) >= 11 is 0. The maximum atomic E-state index is 12.9. The molecule has 0 heterocycles. The third-order valence-corrected chi connectivity index (χ3v) is 3.02. The molecule has 23 heavy (non-hydrogen) atoms. The summed E-state index contributed by atoms with van der Waals surface area (Å²) < 4.78 is 23.7. The standard InChI is InChI=1S/C17H19FN2O3/c1-2-22-16-9-12(3-8-15(16)23-11-17(19)21)10-20-14-6-4-13(18)5-7-14/h3-9,20H,2,10-11H2,1H3,(H2,19,21). The molecule has 0 unspecified atom stereocenters. The van der Waals surface area contributed by atoms with E-state index in [9.17, 15) is 9.18 Å². The van der Waals surface area contributed by atoms with Crippen LogP contribution in [0.15, 0.2) is 42.5 Å². The Hall–Kier alpha value is -2.76. The van der Waals surface area contributed by atoms with Gasteiger partial charge in [-0.3, -0.25) is 4.79 Å². The van der Waals surface area contributed by atoms with Crippen LogP contribution < -0.4 is 20.5 Å². The van der Waals surface area contributed by atoms with E-state index in [2.05, 4.69) is 5.32 Å². The van der Waals surface area contributed by atoms with Crippen molar-refractivity contribution in [1.29, 1.82) is 0 Å². The van der Waals surface area contributed by atoms with E-state index < -0.39 is 5.91 Å². The Balaban J connectivity index is 2.05. The van der Waals surface area contributed by atoms with E-state index in [0.717, 1.165) is 11.3 Å². The number of nitrogens with one attached hydrogen (secondary N) is 1. The largest absolute Gasteiger partial charge is 0.490 e. The minimum Gasteiger partial charge on any atom is -0.490 e. The number of benzene rings is 2. The molecule has 2 rings (SSSR count). The molecule has 122 valence electrons. The van der Waals surface area contributed by atoms with Crippen molar-refractivity contribution in [2.45, 2.75) is 13.5 Å². The molecular weight excluding hydrogens is 299 g/mol. The highest BCUT2D eigenvalue weighted by Gasteiger charge is 2.08. The Bertz CT molecular complexity index is 659. The summed E-state index contributed by atoms with van der Waals surface area (Å²) in [6.45, 7) is 2.68. The Morgan fingerprint density at radius 2 is 1.87 bits per heavy atom. The van der Waals surface area contributed by atoms with E-state index in [4.69, 9.17) is 15.2 Å². The van der Waals surface area contributed by atoms with Crippen LogP contribution in [0.1, 0.15) is 12.5 Å². The molecule has 0 aliphatic heterocycles. The third kappa shape index (κ3) is 5.18. The van der Waals surface area contributed by atoms with Crippen LogP contribution >= 0.6 is 0 Å². The summed E-state index contributed by atoms with van der Waals surface area (Å²) in [6, 6.07) is 11.6. The molecule has 0 aliphatic carbocycles. The van der Waals surface area contributed by atoms with E-state index in [1.807, 2.05) is 19.1 Å². The van der Waals surface area contributed by atoms with Crippen LogP contribution in [0.5, 0.6) is 11.5 Å². The summed E-state index contributed by atoms with van der Waals surface area (Å²) in [5.74, 6) is 0.197. The summed E-state index contributed by atoms with van der Waals surface area (Å²) in [7, 11) is 0. The Labute approximate surface area is 134 Å². The molecule has 0 atom stereocenters. The summed E-state index contributed by atoms with van der Waals surface area (Å²) in [5.41, 5.74) is 6.86. The third-order valence-electron chi connectivity index (χ3n) is 3.02. The molecule has 6 heteroatoms. The number of nitrogens with two attached hydrogens (primary N) is 1. The molecule has 3 N–H and O–H groups in total. The lowest BCUT2D eigenvalue weighted by atomic mass is 10.2. The van der Waals surface area contributed by atoms with E-state index >= 15 is 0 Å². The zero-order chi connectivity index (χ0) is 16.7. The van der Waals surface area contributed by atoms with Crippen LogP contribution in [-0.2, 0) is 11.3 Å². The number of carbonyl (C=O) groups is 1. The number of hydrogen-bond acceptors (Lipinski definition) is 4. The maximum absolute atomic E-state index is 12.9. The van der Waals surface area contributed by atoms with Crippen LogP contribution in [0.4, 0.5) is 10.1 Å². The van der Waals surface area contributed by atoms with Gasteiger partial charge >= 0.3 is 0 Å². The fourth-order valence-corrected chi connectivity index (χ4v) is 1.97. The molecule has 0 fully saturated rings. The Morgan fingerprint density at radius 1 is 1.13 bits per heavy atom. The molecular formula is C17H19FN2O3. The second-order valence-corrected chi connectivity index (χ2v) is 4.83. The van der Waals surface area contributed by atoms with Gasteiger partial charge in [-0.05, 0) is 48.9 Å². The highest BCUT2D eigenvalue weighted by molar-refractivity contribution is 5.75. The highest BCUT2D eigenvalue weighted by Crippen LogP contribution is 2.28. The van der Waals surface area contributed by atoms with Crippen molar-refractivity contribution < 1.29 is 18.7 Å². The van der Waals surface area contributed by atoms with E-state index in [1.54, 1.807) is 18.2 Å². The van der Waals surface area contributed by atoms with E-state index in [0.29, 0.717) is 24.7 Å². The second kappa shape index (κ2) is 8.03. The topological polar surface area (TPSA) is 73.6 Å². The van der Waals surface area contributed by atoms with Crippen molar-refractivity contribution in [3.8, 4) is 11.5 Å². The molecule has 0 spiro atoms. The SMILES string of the molecule is CCOc1cc(CNc2ccc(F)cc2)ccc1OCC(N)=O. The van der Waals surface area contributed by atoms with Crippen LogP contribution in [0.25, 0.3) is 0 Å². The van der Waals surface area contributed by atoms with Gasteiger partial charge in [-0.25, -0.2) is 4.39 Å². The van der Waals surface area contributed by atoms with Gasteiger partial charge in [0.15, 0.2) is 18.1 Å². The number of ether oxygens (including phenoxy) is 2. The molecule has 5 nitrogen and oxygen atoms in total. The molecule has 0 aliphatic rings. The van der Waals surface area contributed by atoms with Gasteiger partial charge in [-0.2, -0.15) is 0 Å². The van der Waals surface area contributed by atoms with Crippen molar-refractivity contribution in [2.75, 3.05) is 18.5 Å². The first-order valence-electron chi connectivity index (χ1n) is 7.24. The number of anilines is 1. The van der Waals surface area contributed by atoms with Gasteiger partial charge in [0.1, 0.15) is 5.82 Å². The first-order valence-corrected chi connectivity index (χ1v) is 7.24. The number of halogens is 1. The number of primary amides is 1. The lowest BCUT2D eigenvalue weighted by Gasteiger charge is -2.13. The average Bonchev–Trinajstić information content (AvgIpc) is 2.53. The Morgan fingerprint density at radius 3 is 2.52 bits per heavy atom. The minimum absolute atomic E-state index is 0.201. The summed E-state index contributed by atoms with van der Waals surface area (Å²) in [4.78, 5) is 10.8. The summed E-state index contributed by atoms with van der Waals surface area (Å²) in [6.07, 6.45) is 0. The Kier molecular flexibility index (Phi) is 5.80. The fraction of sp³-hybridized carbons (Fsp3) is 0.235. The van der Waals surface area contributed by atoms with Gasteiger partial charge in [0, 0.05) is 12.2 Å². The first-order chi connectivity index (χ1) is 11.1. The van der Waals surface area contributed by atoms with E-state index in [-0.39, 0.29) is 12.4 Å². The predicted molar refractivity (Wildman–Crippen MR) is 86.0 cm³/mol. The van der Waals surface area contributed by atoms with Crippen molar-refractivity contribution >= 4 is 11.6 Å². The monoisotopic (exact) mass is 318 g/mol. The molecule has 0 bridgehead atoms. The number of rotatable bonds is 8. The number of hydrogen-bond donors (Lipinski definition) is 2. The quantitative estimate of drug-likeness (QED) is 0.785. The van der Waals surface area contributed by atoms with Crippen LogP contribution in [0.3, 0.4) is 0 Å². The van der Waals surface area contributed by atoms with Gasteiger partial charge in [0.05, 0.1) is 6.61 Å². The van der Waals surface area contributed by atoms with E-state index in [1.165, 1.54) is 12.1 Å². The molecule has 2 aromatic rings. The van der Waals surface area contributed by atoms with Crippen molar-refractivity contribution in [1.82, 2.24) is 0 Å². The average molecular weight is 318 g/mol. The zero-order valence-corrected chi connectivity index (χ0v) is 12.8. The van der Waals surface area contributed by atoms with Crippen LogP contribution in [-0.4, -0.2) is 19.1 Å². The predicted octanol–water partition coefficient (Wildman–Crippen LogP) is 2.70. The molecule has 2 aromatic carbocycles. The lowest BCUT2D eigenvalue weighted by Crippen LogP contribution is -2.20. The molecule has 0 aromatic heterocycles. The van der Waals surface area contributed by atoms with Crippen molar-refractivity contribution in [3.05, 3.63) is 53.8 Å². The molecule has 0 radical (unpaired) electrons. The molecule has 1 amide bonds. The van der Waals surface area contributed by atoms with Gasteiger partial charge in [0.25, 0.3) is 5.91 Å². The lowest BCUT2D eigenvalue weighted by molar-refractivity contribution is -0.119. The zero-order valence-electron chi connectivity index (χ0n) is 12.8. The second-order valence-electron chi connectivity index (χ2n) is 4.83. The van der Waals surface area contributed by atoms with Crippen molar-refractivity contribution in [2.24, 2.45) is 5.73 Å².